The molecule has 0 amide bonds. The number of nitrogens with zero attached hydrogens (tertiary/aromatic N) is 2. The fourth-order valence-electron chi connectivity index (χ4n) is 3.36. The Hall–Kier alpha value is -1.07. The molecule has 0 spiro atoms. The van der Waals surface area contributed by atoms with Crippen LogP contribution in [0.2, 0.25) is 0 Å². The maximum atomic E-state index is 4.38. The molecule has 1 saturated carbocycles. The minimum atomic E-state index is 0.475. The second kappa shape index (κ2) is 8.69. The highest BCUT2D eigenvalue weighted by atomic mass is 32.1. The molecule has 1 aliphatic carbocycles. The Balaban J connectivity index is 1.46. The molecule has 1 aromatic rings. The van der Waals surface area contributed by atoms with E-state index in [4.69, 9.17) is 0 Å². The predicted molar refractivity (Wildman–Crippen MR) is 99.2 cm³/mol. The van der Waals surface area contributed by atoms with Crippen LogP contribution in [-0.4, -0.2) is 44.1 Å². The van der Waals surface area contributed by atoms with Gasteiger partial charge in [-0.05, 0) is 56.1 Å². The second-order valence-corrected chi connectivity index (χ2v) is 7.72. The van der Waals surface area contributed by atoms with Crippen LogP contribution in [0.5, 0.6) is 0 Å². The first-order valence-electron chi connectivity index (χ1n) is 9.09. The van der Waals surface area contributed by atoms with Crippen LogP contribution in [0.15, 0.2) is 22.5 Å². The van der Waals surface area contributed by atoms with E-state index in [1.165, 1.54) is 56.5 Å². The number of hydrogen-bond acceptors (Lipinski definition) is 3. The number of aliphatic imine (C=N–C) groups is 1. The zero-order valence-corrected chi connectivity index (χ0v) is 15.1. The number of nitrogens with one attached hydrogen (secondary N) is 2. The lowest BCUT2D eigenvalue weighted by Crippen LogP contribution is -2.42. The van der Waals surface area contributed by atoms with Gasteiger partial charge in [-0.3, -0.25) is 9.89 Å². The van der Waals surface area contributed by atoms with Gasteiger partial charge in [0.2, 0.25) is 0 Å². The third-order valence-corrected chi connectivity index (χ3v) is 5.89. The van der Waals surface area contributed by atoms with Gasteiger partial charge >= 0.3 is 0 Å². The van der Waals surface area contributed by atoms with E-state index in [0.717, 1.165) is 25.0 Å². The molecule has 23 heavy (non-hydrogen) atoms. The van der Waals surface area contributed by atoms with Gasteiger partial charge in [-0.25, -0.2) is 0 Å². The summed E-state index contributed by atoms with van der Waals surface area (Å²) in [6.45, 7) is 4.40. The summed E-state index contributed by atoms with van der Waals surface area (Å²) in [6.07, 6.45) is 8.18. The normalized spacial score (nSPS) is 20.7. The number of hydrogen-bond donors (Lipinski definition) is 2. The van der Waals surface area contributed by atoms with Crippen molar-refractivity contribution in [2.75, 3.05) is 33.2 Å². The standard InChI is InChI=1S/C18H30N4S/c1-19-18(20-10-4-6-15-8-9-15)21-14-16(17-7-5-13-23-17)22-11-2-3-12-22/h5,7,13,15-16H,2-4,6,8-12,14H2,1H3,(H2,19,20,21). The molecule has 0 aromatic carbocycles. The largest absolute Gasteiger partial charge is 0.356 e. The van der Waals surface area contributed by atoms with E-state index in [1.807, 2.05) is 18.4 Å². The highest BCUT2D eigenvalue weighted by Crippen LogP contribution is 2.33. The first kappa shape index (κ1) is 16.8. The smallest absolute Gasteiger partial charge is 0.191 e. The Labute approximate surface area is 144 Å². The highest BCUT2D eigenvalue weighted by Gasteiger charge is 2.24. The van der Waals surface area contributed by atoms with Crippen molar-refractivity contribution < 1.29 is 0 Å². The van der Waals surface area contributed by atoms with Crippen LogP contribution in [0.1, 0.15) is 49.4 Å². The van der Waals surface area contributed by atoms with Crippen molar-refractivity contribution in [1.82, 2.24) is 15.5 Å². The summed E-state index contributed by atoms with van der Waals surface area (Å²) >= 11 is 1.87. The average Bonchev–Trinajstić information content (AvgIpc) is 3.05. The number of rotatable bonds is 8. The molecule has 1 unspecified atom stereocenters. The van der Waals surface area contributed by atoms with Crippen LogP contribution in [0, 0.1) is 5.92 Å². The third-order valence-electron chi connectivity index (χ3n) is 4.92. The summed E-state index contributed by atoms with van der Waals surface area (Å²) in [5.41, 5.74) is 0. The van der Waals surface area contributed by atoms with Crippen molar-refractivity contribution in [3.05, 3.63) is 22.4 Å². The van der Waals surface area contributed by atoms with Crippen LogP contribution >= 0.6 is 11.3 Å². The summed E-state index contributed by atoms with van der Waals surface area (Å²) < 4.78 is 0. The Morgan fingerprint density at radius 2 is 2.17 bits per heavy atom. The zero-order valence-electron chi connectivity index (χ0n) is 14.3. The summed E-state index contributed by atoms with van der Waals surface area (Å²) in [5.74, 6) is 1.96. The summed E-state index contributed by atoms with van der Waals surface area (Å²) in [7, 11) is 1.87. The monoisotopic (exact) mass is 334 g/mol. The predicted octanol–water partition coefficient (Wildman–Crippen LogP) is 3.24. The molecule has 1 saturated heterocycles. The fraction of sp³-hybridized carbons (Fsp3) is 0.722. The molecule has 2 heterocycles. The molecule has 1 aromatic heterocycles. The van der Waals surface area contributed by atoms with E-state index >= 15 is 0 Å². The van der Waals surface area contributed by atoms with Gasteiger partial charge in [0.1, 0.15) is 0 Å². The molecule has 4 nitrogen and oxygen atoms in total. The molecule has 2 N–H and O–H groups in total. The first-order valence-corrected chi connectivity index (χ1v) is 9.97. The minimum Gasteiger partial charge on any atom is -0.356 e. The first-order chi connectivity index (χ1) is 11.4. The van der Waals surface area contributed by atoms with Crippen LogP contribution in [0.3, 0.4) is 0 Å². The van der Waals surface area contributed by atoms with Gasteiger partial charge in [0.25, 0.3) is 0 Å². The SMILES string of the molecule is CN=C(NCCCC1CC1)NCC(c1cccs1)N1CCCC1. The topological polar surface area (TPSA) is 39.7 Å². The van der Waals surface area contributed by atoms with Crippen molar-refractivity contribution in [1.29, 1.82) is 0 Å². The quantitative estimate of drug-likeness (QED) is 0.435. The van der Waals surface area contributed by atoms with E-state index in [9.17, 15) is 0 Å². The number of likely N-dealkylation sites (tertiary alicyclic amines) is 1. The molecule has 3 rings (SSSR count). The van der Waals surface area contributed by atoms with Gasteiger partial charge in [0, 0.05) is 25.0 Å². The average molecular weight is 335 g/mol. The third kappa shape index (κ3) is 5.21. The Morgan fingerprint density at radius 3 is 2.83 bits per heavy atom. The molecule has 2 aliphatic rings. The van der Waals surface area contributed by atoms with Gasteiger partial charge < -0.3 is 10.6 Å². The van der Waals surface area contributed by atoms with Crippen LogP contribution in [-0.2, 0) is 0 Å². The Morgan fingerprint density at radius 1 is 1.35 bits per heavy atom. The second-order valence-electron chi connectivity index (χ2n) is 6.74. The molecule has 0 radical (unpaired) electrons. The lowest BCUT2D eigenvalue weighted by atomic mass is 10.2. The maximum Gasteiger partial charge on any atom is 0.191 e. The fourth-order valence-corrected chi connectivity index (χ4v) is 4.22. The Bertz CT molecular complexity index is 475. The van der Waals surface area contributed by atoms with E-state index in [2.05, 4.69) is 38.0 Å². The van der Waals surface area contributed by atoms with Crippen LogP contribution in [0.4, 0.5) is 0 Å². The van der Waals surface area contributed by atoms with Gasteiger partial charge in [-0.1, -0.05) is 18.9 Å². The van der Waals surface area contributed by atoms with Gasteiger partial charge in [-0.15, -0.1) is 11.3 Å². The summed E-state index contributed by atoms with van der Waals surface area (Å²) in [4.78, 5) is 8.45. The van der Waals surface area contributed by atoms with E-state index in [0.29, 0.717) is 6.04 Å². The van der Waals surface area contributed by atoms with E-state index < -0.39 is 0 Å². The van der Waals surface area contributed by atoms with Crippen molar-refractivity contribution in [2.45, 2.75) is 44.6 Å². The summed E-state index contributed by atoms with van der Waals surface area (Å²) in [6, 6.07) is 4.90. The molecule has 1 aliphatic heterocycles. The van der Waals surface area contributed by atoms with Crippen molar-refractivity contribution in [3.63, 3.8) is 0 Å². The van der Waals surface area contributed by atoms with Crippen molar-refractivity contribution in [2.24, 2.45) is 10.9 Å². The molecular formula is C18H30N4S. The molecule has 128 valence electrons. The number of guanidine groups is 1. The van der Waals surface area contributed by atoms with Crippen molar-refractivity contribution >= 4 is 17.3 Å². The van der Waals surface area contributed by atoms with Gasteiger partial charge in [0.05, 0.1) is 6.04 Å². The van der Waals surface area contributed by atoms with Crippen LogP contribution < -0.4 is 10.6 Å². The molecular weight excluding hydrogens is 304 g/mol. The van der Waals surface area contributed by atoms with Crippen molar-refractivity contribution in [3.8, 4) is 0 Å². The highest BCUT2D eigenvalue weighted by molar-refractivity contribution is 7.10. The lowest BCUT2D eigenvalue weighted by Gasteiger charge is -2.27. The molecule has 2 fully saturated rings. The Kier molecular flexibility index (Phi) is 6.34. The maximum absolute atomic E-state index is 4.38. The van der Waals surface area contributed by atoms with Crippen LogP contribution in [0.25, 0.3) is 0 Å². The molecule has 5 heteroatoms. The van der Waals surface area contributed by atoms with Gasteiger partial charge in [-0.2, -0.15) is 0 Å². The number of thiophene rings is 1. The lowest BCUT2D eigenvalue weighted by molar-refractivity contribution is 0.249. The minimum absolute atomic E-state index is 0.475. The zero-order chi connectivity index (χ0) is 15.9. The van der Waals surface area contributed by atoms with Gasteiger partial charge in [0.15, 0.2) is 5.96 Å². The molecule has 0 bridgehead atoms. The summed E-state index contributed by atoms with van der Waals surface area (Å²) in [5, 5.41) is 9.19. The molecule has 1 atom stereocenters. The van der Waals surface area contributed by atoms with E-state index in [-0.39, 0.29) is 0 Å². The van der Waals surface area contributed by atoms with E-state index in [1.54, 1.807) is 0 Å².